The Morgan fingerprint density at radius 3 is 2.50 bits per heavy atom. The fourth-order valence-electron chi connectivity index (χ4n) is 8.04. The maximum absolute atomic E-state index is 16.4. The monoisotopic (exact) mass is 702 g/mol. The number of nitrogens with zero attached hydrogens (tertiary/aromatic N) is 2. The number of nitrogens with one attached hydrogen (secondary N) is 2. The topological polar surface area (TPSA) is 120 Å². The van der Waals surface area contributed by atoms with E-state index in [1.807, 2.05) is 67.6 Å². The van der Waals surface area contributed by atoms with Crippen molar-refractivity contribution < 1.29 is 33.1 Å². The molecule has 0 radical (unpaired) electrons. The molecule has 266 valence electrons. The lowest BCUT2D eigenvalue weighted by Gasteiger charge is -2.31. The smallest absolute Gasteiger partial charge is 0.264 e. The van der Waals surface area contributed by atoms with Gasteiger partial charge in [0.15, 0.2) is 5.60 Å². The van der Waals surface area contributed by atoms with E-state index in [9.17, 15) is 19.5 Å². The lowest BCUT2D eigenvalue weighted by Crippen LogP contribution is -2.45. The van der Waals surface area contributed by atoms with Gasteiger partial charge in [0.2, 0.25) is 20.2 Å². The predicted molar refractivity (Wildman–Crippen MR) is 192 cm³/mol. The van der Waals surface area contributed by atoms with E-state index >= 15 is 4.11 Å². The summed E-state index contributed by atoms with van der Waals surface area (Å²) in [6, 6.07) is 22.1. The van der Waals surface area contributed by atoms with Gasteiger partial charge in [0.1, 0.15) is 5.75 Å². The number of methoxy groups -OCH3 is 1. The summed E-state index contributed by atoms with van der Waals surface area (Å²) in [5.41, 5.74) is 1.46. The Morgan fingerprint density at radius 2 is 1.86 bits per heavy atom. The first-order valence-corrected chi connectivity index (χ1v) is 20.3. The molecule has 1 spiro atoms. The van der Waals surface area contributed by atoms with E-state index in [0.717, 1.165) is 30.5 Å². The van der Waals surface area contributed by atoms with Crippen LogP contribution in [0, 0.1) is 5.92 Å². The van der Waals surface area contributed by atoms with Crippen molar-refractivity contribution in [3.63, 3.8) is 0 Å². The first-order chi connectivity index (χ1) is 24.0. The molecule has 3 aliphatic rings. The maximum atomic E-state index is 16.4. The number of aliphatic hydroxyl groups excluding tert-OH is 1. The number of anilines is 2. The Labute approximate surface area is 294 Å². The van der Waals surface area contributed by atoms with Crippen molar-refractivity contribution in [2.75, 3.05) is 37.0 Å². The van der Waals surface area contributed by atoms with Crippen molar-refractivity contribution >= 4 is 37.5 Å². The minimum Gasteiger partial charge on any atom is -0.497 e. The number of fused-ring (bicyclic) bond motifs is 2. The van der Waals surface area contributed by atoms with E-state index in [1.54, 1.807) is 42.1 Å². The first-order valence-electron chi connectivity index (χ1n) is 17.4. The van der Waals surface area contributed by atoms with Crippen LogP contribution in [0.1, 0.15) is 42.9 Å². The van der Waals surface area contributed by atoms with Gasteiger partial charge in [-0.15, -0.1) is 0 Å². The van der Waals surface area contributed by atoms with Crippen LogP contribution >= 0.6 is 0 Å². The molecule has 3 aromatic rings. The largest absolute Gasteiger partial charge is 0.497 e. The van der Waals surface area contributed by atoms with Crippen LogP contribution in [0.2, 0.25) is 18.6 Å². The number of halogens is 1. The van der Waals surface area contributed by atoms with Gasteiger partial charge in [0, 0.05) is 35.8 Å². The molecule has 0 aromatic heterocycles. The molecule has 6 rings (SSSR count). The SMILES string of the molecule is COc1ccc2c(c1)[C@]1(O[C@@H](CC(=O)N(CCO)Cc3ccccc3)[C@H]([Si](C)(C)F)[C@H]1C)C(=O)N2Cc1ccc(NC(=O)[C@H]2CCCN2)cc1. The molecule has 3 aliphatic heterocycles. The zero-order chi connectivity index (χ0) is 35.6. The molecule has 5 atom stereocenters. The van der Waals surface area contributed by atoms with Crippen molar-refractivity contribution in [2.24, 2.45) is 5.92 Å². The summed E-state index contributed by atoms with van der Waals surface area (Å²) in [7, 11) is -1.97. The van der Waals surface area contributed by atoms with E-state index in [1.165, 1.54) is 0 Å². The van der Waals surface area contributed by atoms with Gasteiger partial charge in [-0.05, 0) is 73.9 Å². The molecule has 50 heavy (non-hydrogen) atoms. The molecular weight excluding hydrogens is 656 g/mol. The summed E-state index contributed by atoms with van der Waals surface area (Å²) in [6.45, 7) is 6.32. The second-order valence-electron chi connectivity index (χ2n) is 14.1. The number of carbonyl (C=O) groups is 3. The normalized spacial score (nSPS) is 24.4. The molecule has 3 amide bonds. The summed E-state index contributed by atoms with van der Waals surface area (Å²) in [5.74, 6) is -0.700. The summed E-state index contributed by atoms with van der Waals surface area (Å²) in [5, 5.41) is 16.0. The van der Waals surface area contributed by atoms with Crippen molar-refractivity contribution in [3.05, 3.63) is 89.5 Å². The van der Waals surface area contributed by atoms with Gasteiger partial charge in [0.25, 0.3) is 5.91 Å². The number of carbonyl (C=O) groups excluding carboxylic acids is 3. The number of rotatable bonds is 12. The maximum Gasteiger partial charge on any atom is 0.264 e. The highest BCUT2D eigenvalue weighted by molar-refractivity contribution is 6.72. The molecule has 3 aromatic carbocycles. The molecule has 3 heterocycles. The minimum absolute atomic E-state index is 0.0661. The zero-order valence-electron chi connectivity index (χ0n) is 29.2. The zero-order valence-corrected chi connectivity index (χ0v) is 30.2. The lowest BCUT2D eigenvalue weighted by molar-refractivity contribution is -0.150. The number of ether oxygens (including phenoxy) is 2. The van der Waals surface area contributed by atoms with Crippen molar-refractivity contribution in [1.82, 2.24) is 10.2 Å². The van der Waals surface area contributed by atoms with Crippen LogP contribution in [-0.4, -0.2) is 75.1 Å². The minimum atomic E-state index is -3.52. The molecule has 2 saturated heterocycles. The third-order valence-corrected chi connectivity index (χ3v) is 12.9. The number of hydrogen-bond acceptors (Lipinski definition) is 7. The fourth-order valence-corrected chi connectivity index (χ4v) is 10.5. The Bertz CT molecular complexity index is 1700. The van der Waals surface area contributed by atoms with Gasteiger partial charge in [-0.1, -0.05) is 49.4 Å². The van der Waals surface area contributed by atoms with Crippen LogP contribution in [0.15, 0.2) is 72.8 Å². The van der Waals surface area contributed by atoms with E-state index in [0.29, 0.717) is 29.2 Å². The predicted octanol–water partition coefficient (Wildman–Crippen LogP) is 5.12. The number of amides is 3. The van der Waals surface area contributed by atoms with Gasteiger partial charge in [-0.2, -0.15) is 0 Å². The highest BCUT2D eigenvalue weighted by Crippen LogP contribution is 2.60. The Balaban J connectivity index is 1.28. The highest BCUT2D eigenvalue weighted by atomic mass is 28.4. The van der Waals surface area contributed by atoms with E-state index < -0.39 is 31.6 Å². The molecule has 3 N–H and O–H groups in total. The Hall–Kier alpha value is -4.10. The number of hydrogen-bond donors (Lipinski definition) is 3. The fraction of sp³-hybridized carbons (Fsp3) is 0.447. The van der Waals surface area contributed by atoms with Crippen LogP contribution in [0.3, 0.4) is 0 Å². The second-order valence-corrected chi connectivity index (χ2v) is 17.9. The standard InChI is InChI=1S/C38H47FN4O6Si/c1-25-35(50(3,4)39)33(22-34(45)42(19-20-44)23-26-9-6-5-7-10-26)49-38(25)30-21-29(48-2)16-17-32(30)43(37(38)47)24-27-12-14-28(15-13-27)41-36(46)31-11-8-18-40-31/h5-7,9-10,12-17,21,25,31,33,35,40,44H,8,11,18-20,22-24H2,1-4H3,(H,41,46)/t25-,31-,33+,35-,38+/m1/s1. The lowest BCUT2D eigenvalue weighted by atomic mass is 9.82. The molecule has 0 aliphatic carbocycles. The van der Waals surface area contributed by atoms with Crippen LogP contribution in [0.4, 0.5) is 15.5 Å². The highest BCUT2D eigenvalue weighted by Gasteiger charge is 2.67. The van der Waals surface area contributed by atoms with Crippen molar-refractivity contribution in [3.8, 4) is 5.75 Å². The molecular formula is C38H47FN4O6Si. The summed E-state index contributed by atoms with van der Waals surface area (Å²) in [4.78, 5) is 44.5. The van der Waals surface area contributed by atoms with Gasteiger partial charge >= 0.3 is 0 Å². The van der Waals surface area contributed by atoms with Crippen molar-refractivity contribution in [2.45, 2.75) is 75.7 Å². The van der Waals surface area contributed by atoms with Gasteiger partial charge in [-0.25, -0.2) is 0 Å². The Kier molecular flexibility index (Phi) is 10.5. The quantitative estimate of drug-likeness (QED) is 0.177. The van der Waals surface area contributed by atoms with Crippen molar-refractivity contribution in [1.29, 1.82) is 0 Å². The van der Waals surface area contributed by atoms with Gasteiger partial charge < -0.3 is 39.1 Å². The molecule has 12 heteroatoms. The van der Waals surface area contributed by atoms with Crippen LogP contribution in [-0.2, 0) is 37.8 Å². The van der Waals surface area contributed by atoms with E-state index in [-0.39, 0.29) is 49.9 Å². The van der Waals surface area contributed by atoms with E-state index in [2.05, 4.69) is 10.6 Å². The third kappa shape index (κ3) is 6.94. The van der Waals surface area contributed by atoms with Crippen LogP contribution in [0.25, 0.3) is 0 Å². The van der Waals surface area contributed by atoms with E-state index in [4.69, 9.17) is 9.47 Å². The molecule has 10 nitrogen and oxygen atoms in total. The molecule has 0 unspecified atom stereocenters. The van der Waals surface area contributed by atoms with Crippen LogP contribution < -0.4 is 20.3 Å². The molecule has 0 saturated carbocycles. The first kappa shape index (κ1) is 35.7. The van der Waals surface area contributed by atoms with Crippen LogP contribution in [0.5, 0.6) is 5.75 Å². The molecule has 0 bridgehead atoms. The Morgan fingerprint density at radius 1 is 1.12 bits per heavy atom. The third-order valence-electron chi connectivity index (χ3n) is 10.4. The molecule has 2 fully saturated rings. The summed E-state index contributed by atoms with van der Waals surface area (Å²) < 4.78 is 28.8. The van der Waals surface area contributed by atoms with Gasteiger partial charge in [-0.3, -0.25) is 14.4 Å². The number of benzene rings is 3. The number of aliphatic hydroxyl groups is 1. The summed E-state index contributed by atoms with van der Waals surface area (Å²) in [6.07, 6.45) is 0.790. The average Bonchev–Trinajstić information content (AvgIpc) is 3.79. The van der Waals surface area contributed by atoms with Gasteiger partial charge in [0.05, 0.1) is 44.5 Å². The average molecular weight is 703 g/mol. The summed E-state index contributed by atoms with van der Waals surface area (Å²) >= 11 is 0. The second kappa shape index (κ2) is 14.6.